The van der Waals surface area contributed by atoms with Gasteiger partial charge in [-0.15, -0.1) is 0 Å². The van der Waals surface area contributed by atoms with Crippen molar-refractivity contribution in [2.24, 2.45) is 0 Å². The van der Waals surface area contributed by atoms with Gasteiger partial charge in [-0.25, -0.2) is 4.79 Å². The molecule has 11 N–H and O–H groups in total. The van der Waals surface area contributed by atoms with Gasteiger partial charge in [0.1, 0.15) is 48.3 Å². The summed E-state index contributed by atoms with van der Waals surface area (Å²) in [6.45, 7) is -0.940. The zero-order chi connectivity index (χ0) is 38.6. The minimum atomic E-state index is -2.08. The van der Waals surface area contributed by atoms with Gasteiger partial charge in [0.25, 0.3) is 0 Å². The second-order valence-electron chi connectivity index (χ2n) is 12.9. The van der Waals surface area contributed by atoms with Gasteiger partial charge in [-0.05, 0) is 54.8 Å². The van der Waals surface area contributed by atoms with E-state index in [2.05, 4.69) is 0 Å². The number of carbonyl (C=O) groups is 1. The molecule has 19 nitrogen and oxygen atoms in total. The Balaban J connectivity index is 1.36. The number of carbonyl (C=O) groups excluding carboxylic acids is 1. The monoisotopic (exact) mass is 756 g/mol. The fraction of sp³-hybridized carbons (Fsp3) is 0.559. The molecule has 0 radical (unpaired) electrons. The molecule has 0 amide bonds. The van der Waals surface area contributed by atoms with Crippen LogP contribution in [0.1, 0.15) is 18.1 Å². The summed E-state index contributed by atoms with van der Waals surface area (Å²) in [7, 11) is 0. The second-order valence-corrected chi connectivity index (χ2v) is 12.9. The maximum Gasteiger partial charge on any atom is 0.331 e. The van der Waals surface area contributed by atoms with Gasteiger partial charge in [0.15, 0.2) is 48.0 Å². The normalized spacial score (nSPS) is 36.2. The van der Waals surface area contributed by atoms with Crippen molar-refractivity contribution in [1.29, 1.82) is 0 Å². The van der Waals surface area contributed by atoms with Gasteiger partial charge >= 0.3 is 5.97 Å². The predicted octanol–water partition coefficient (Wildman–Crippen LogP) is -2.55. The molecule has 0 spiro atoms. The minimum Gasteiger partial charge on any atom is -0.504 e. The number of benzene rings is 2. The van der Waals surface area contributed by atoms with Crippen molar-refractivity contribution in [3.8, 4) is 23.0 Å². The molecule has 0 unspecified atom stereocenters. The van der Waals surface area contributed by atoms with Crippen LogP contribution in [0.4, 0.5) is 0 Å². The van der Waals surface area contributed by atoms with Crippen molar-refractivity contribution < 1.29 is 94.1 Å². The van der Waals surface area contributed by atoms with Crippen molar-refractivity contribution in [1.82, 2.24) is 0 Å². The van der Waals surface area contributed by atoms with E-state index in [-0.39, 0.29) is 30.3 Å². The molecule has 3 aliphatic rings. The Labute approximate surface area is 302 Å². The topological polar surface area (TPSA) is 304 Å². The number of aliphatic hydroxyl groups is 7. The number of ether oxygens (including phenoxy) is 7. The molecule has 3 saturated heterocycles. The van der Waals surface area contributed by atoms with Crippen molar-refractivity contribution in [3.63, 3.8) is 0 Å². The van der Waals surface area contributed by atoms with E-state index in [0.717, 1.165) is 6.08 Å². The number of esters is 1. The first-order chi connectivity index (χ1) is 25.1. The number of phenols is 4. The van der Waals surface area contributed by atoms with E-state index in [9.17, 15) is 61.0 Å². The molecule has 2 aromatic rings. The first-order valence-electron chi connectivity index (χ1n) is 16.6. The molecule has 13 atom stereocenters. The summed E-state index contributed by atoms with van der Waals surface area (Å²) in [5, 5.41) is 113. The summed E-state index contributed by atoms with van der Waals surface area (Å²) in [6, 6.07) is 7.86. The Morgan fingerprint density at radius 2 is 1.49 bits per heavy atom. The molecular weight excluding hydrogens is 712 g/mol. The number of aliphatic hydroxyl groups excluding tert-OH is 6. The molecule has 19 heteroatoms. The minimum absolute atomic E-state index is 0.130. The maximum absolute atomic E-state index is 13.0. The maximum atomic E-state index is 13.0. The van der Waals surface area contributed by atoms with Crippen molar-refractivity contribution in [2.45, 2.75) is 92.8 Å². The lowest BCUT2D eigenvalue weighted by molar-refractivity contribution is -0.366. The fourth-order valence-electron chi connectivity index (χ4n) is 5.96. The number of phenolic OH excluding ortho intramolecular Hbond substituents is 4. The van der Waals surface area contributed by atoms with Crippen LogP contribution < -0.4 is 0 Å². The number of hydrogen-bond donors (Lipinski definition) is 11. The van der Waals surface area contributed by atoms with E-state index < -0.39 is 111 Å². The first kappa shape index (κ1) is 40.5. The van der Waals surface area contributed by atoms with E-state index in [4.69, 9.17) is 33.2 Å². The lowest BCUT2D eigenvalue weighted by Gasteiger charge is -2.47. The van der Waals surface area contributed by atoms with E-state index in [1.54, 1.807) is 0 Å². The van der Waals surface area contributed by atoms with E-state index in [1.807, 2.05) is 0 Å². The molecule has 0 bridgehead atoms. The van der Waals surface area contributed by atoms with Crippen LogP contribution in [-0.2, 0) is 44.4 Å². The highest BCUT2D eigenvalue weighted by Crippen LogP contribution is 2.35. The SMILES string of the molecule is C[C@@H]1O[C@@H](O[C@@H]2[C@@H](O)[C@H](OCCc3ccc(O)c(O)c3)O[C@H](CO)[C@H]2OC(=O)/C=C/c2ccc(O)c(O)c2)[C@H](O)[C@H](O[C@@H]2OC[C@](O)(CO)[C@H]2O)[C@H]1O. The van der Waals surface area contributed by atoms with Gasteiger partial charge in [-0.1, -0.05) is 12.1 Å². The van der Waals surface area contributed by atoms with Gasteiger partial charge in [-0.3, -0.25) is 0 Å². The highest BCUT2D eigenvalue weighted by molar-refractivity contribution is 5.87. The molecule has 0 aliphatic carbocycles. The summed E-state index contributed by atoms with van der Waals surface area (Å²) < 4.78 is 39.7. The Morgan fingerprint density at radius 1 is 0.830 bits per heavy atom. The van der Waals surface area contributed by atoms with Gasteiger partial charge in [0, 0.05) is 6.08 Å². The number of rotatable bonds is 13. The third-order valence-electron chi connectivity index (χ3n) is 9.11. The van der Waals surface area contributed by atoms with E-state index >= 15 is 0 Å². The first-order valence-corrected chi connectivity index (χ1v) is 16.6. The lowest BCUT2D eigenvalue weighted by Crippen LogP contribution is -2.65. The van der Waals surface area contributed by atoms with Crippen LogP contribution in [0, 0.1) is 0 Å². The molecule has 5 rings (SSSR count). The molecule has 0 aromatic heterocycles. The number of aromatic hydroxyl groups is 4. The Bertz CT molecular complexity index is 1570. The Hall–Kier alpha value is -3.67. The van der Waals surface area contributed by atoms with Crippen LogP contribution in [0.5, 0.6) is 23.0 Å². The van der Waals surface area contributed by atoms with Gasteiger partial charge in [0.05, 0.1) is 32.5 Å². The van der Waals surface area contributed by atoms with Crippen LogP contribution in [0.15, 0.2) is 42.5 Å². The molecular formula is C34H44O19. The standard InChI is InChI=1S/C34H44O19/c1-15-24(42)28(52-33-30(45)34(46,13-36)14-48-33)25(43)32(49-15)53-29-26(44)31(47-9-8-17-3-6-19(38)21(40)11-17)50-22(12-35)27(29)51-23(41)7-4-16-2-5-18(37)20(39)10-16/h2-7,10-11,15,22,24-33,35-40,42-46H,8-9,12-14H2,1H3/b7-4+/t15-,22+,24-,25+,26+,27+,28+,29+,30-,31+,32-,33-,34+/m0/s1. The summed E-state index contributed by atoms with van der Waals surface area (Å²) in [5.74, 6) is -2.56. The lowest BCUT2D eigenvalue weighted by atomic mass is 9.96. The smallest absolute Gasteiger partial charge is 0.331 e. The highest BCUT2D eigenvalue weighted by atomic mass is 16.8. The van der Waals surface area contributed by atoms with Crippen LogP contribution >= 0.6 is 0 Å². The molecule has 3 aliphatic heterocycles. The van der Waals surface area contributed by atoms with E-state index in [1.165, 1.54) is 49.4 Å². The molecule has 0 saturated carbocycles. The summed E-state index contributed by atoms with van der Waals surface area (Å²) >= 11 is 0. The van der Waals surface area contributed by atoms with Crippen molar-refractivity contribution in [2.75, 3.05) is 26.4 Å². The second kappa shape index (κ2) is 17.2. The highest BCUT2D eigenvalue weighted by Gasteiger charge is 2.55. The summed E-state index contributed by atoms with van der Waals surface area (Å²) in [6.07, 6.45) is -17.0. The molecule has 2 aromatic carbocycles. The van der Waals surface area contributed by atoms with Crippen LogP contribution in [0.3, 0.4) is 0 Å². The molecule has 53 heavy (non-hydrogen) atoms. The fourth-order valence-corrected chi connectivity index (χ4v) is 5.96. The predicted molar refractivity (Wildman–Crippen MR) is 174 cm³/mol. The third kappa shape index (κ3) is 9.18. The van der Waals surface area contributed by atoms with Gasteiger partial charge in [-0.2, -0.15) is 0 Å². The number of hydrogen-bond acceptors (Lipinski definition) is 19. The van der Waals surface area contributed by atoms with E-state index in [0.29, 0.717) is 11.1 Å². The Morgan fingerprint density at radius 3 is 2.13 bits per heavy atom. The molecule has 294 valence electrons. The van der Waals surface area contributed by atoms with Crippen LogP contribution in [0.2, 0.25) is 0 Å². The zero-order valence-corrected chi connectivity index (χ0v) is 28.3. The summed E-state index contributed by atoms with van der Waals surface area (Å²) in [5.41, 5.74) is -1.24. The van der Waals surface area contributed by atoms with Crippen LogP contribution in [0.25, 0.3) is 6.08 Å². The summed E-state index contributed by atoms with van der Waals surface area (Å²) in [4.78, 5) is 13.0. The average molecular weight is 757 g/mol. The van der Waals surface area contributed by atoms with Gasteiger partial charge in [0.2, 0.25) is 0 Å². The average Bonchev–Trinajstić information content (AvgIpc) is 3.42. The van der Waals surface area contributed by atoms with Crippen molar-refractivity contribution in [3.05, 3.63) is 53.6 Å². The van der Waals surface area contributed by atoms with Crippen molar-refractivity contribution >= 4 is 12.0 Å². The third-order valence-corrected chi connectivity index (χ3v) is 9.11. The Kier molecular flexibility index (Phi) is 13.2. The molecule has 3 fully saturated rings. The van der Waals surface area contributed by atoms with Crippen LogP contribution in [-0.4, -0.2) is 168 Å². The van der Waals surface area contributed by atoms with Gasteiger partial charge < -0.3 is 89.3 Å². The quantitative estimate of drug-likeness (QED) is 0.0569. The molecule has 3 heterocycles. The zero-order valence-electron chi connectivity index (χ0n) is 28.3. The largest absolute Gasteiger partial charge is 0.504 e.